The molecule has 2 atom stereocenters. The fraction of sp³-hybridized carbons (Fsp3) is 1.00. The SMILES string of the molecule is CS(=O)(=O)C1SSC2(CCCC2)C1O. The summed E-state index contributed by atoms with van der Waals surface area (Å²) in [7, 11) is -0.208. The van der Waals surface area contributed by atoms with E-state index in [1.165, 1.54) is 17.0 Å². The molecular weight excluding hydrogens is 240 g/mol. The third-order valence-corrected chi connectivity index (χ3v) is 9.21. The van der Waals surface area contributed by atoms with Crippen molar-refractivity contribution >= 4 is 31.4 Å². The quantitative estimate of drug-likeness (QED) is 0.717. The molecule has 1 heterocycles. The van der Waals surface area contributed by atoms with Gasteiger partial charge in [0.05, 0.1) is 10.9 Å². The van der Waals surface area contributed by atoms with Crippen LogP contribution in [0, 0.1) is 0 Å². The van der Waals surface area contributed by atoms with E-state index in [1.807, 2.05) is 0 Å². The van der Waals surface area contributed by atoms with Crippen molar-refractivity contribution in [2.45, 2.75) is 41.1 Å². The van der Waals surface area contributed by atoms with Gasteiger partial charge in [0.1, 0.15) is 4.58 Å². The first-order valence-corrected chi connectivity index (χ1v) is 8.84. The Kier molecular flexibility index (Phi) is 2.83. The number of aliphatic hydroxyl groups excluding tert-OH is 1. The average Bonchev–Trinajstić information content (AvgIpc) is 2.62. The molecule has 0 amide bonds. The summed E-state index contributed by atoms with van der Waals surface area (Å²) in [5.74, 6) is 0. The van der Waals surface area contributed by atoms with Gasteiger partial charge in [0.25, 0.3) is 0 Å². The van der Waals surface area contributed by atoms with Crippen molar-refractivity contribution in [2.24, 2.45) is 0 Å². The van der Waals surface area contributed by atoms with Gasteiger partial charge >= 0.3 is 0 Å². The molecule has 6 heteroatoms. The van der Waals surface area contributed by atoms with Crippen molar-refractivity contribution in [2.75, 3.05) is 6.26 Å². The van der Waals surface area contributed by atoms with Crippen molar-refractivity contribution in [3.05, 3.63) is 0 Å². The van der Waals surface area contributed by atoms with Crippen LogP contribution in [0.5, 0.6) is 0 Å². The highest BCUT2D eigenvalue weighted by molar-refractivity contribution is 8.79. The zero-order valence-corrected chi connectivity index (χ0v) is 10.4. The molecule has 0 radical (unpaired) electrons. The van der Waals surface area contributed by atoms with Gasteiger partial charge in [-0.2, -0.15) is 0 Å². The molecule has 2 rings (SSSR count). The summed E-state index contributed by atoms with van der Waals surface area (Å²) >= 11 is 0. The predicted molar refractivity (Wildman–Crippen MR) is 61.0 cm³/mol. The second-order valence-corrected chi connectivity index (χ2v) is 9.32. The third-order valence-electron chi connectivity index (χ3n) is 2.98. The first kappa shape index (κ1) is 11.1. The van der Waals surface area contributed by atoms with E-state index in [4.69, 9.17) is 0 Å². The molecule has 3 nitrogen and oxygen atoms in total. The van der Waals surface area contributed by atoms with E-state index in [0.717, 1.165) is 25.7 Å². The minimum atomic E-state index is -3.12. The first-order chi connectivity index (χ1) is 6.46. The lowest BCUT2D eigenvalue weighted by molar-refractivity contribution is 0.147. The maximum absolute atomic E-state index is 11.4. The number of hydrogen-bond acceptors (Lipinski definition) is 5. The molecule has 1 aliphatic carbocycles. The lowest BCUT2D eigenvalue weighted by Gasteiger charge is -2.26. The van der Waals surface area contributed by atoms with E-state index >= 15 is 0 Å². The number of sulfone groups is 1. The van der Waals surface area contributed by atoms with E-state index in [9.17, 15) is 13.5 Å². The molecule has 2 unspecified atom stereocenters. The smallest absolute Gasteiger partial charge is 0.163 e. The van der Waals surface area contributed by atoms with Gasteiger partial charge in [0.2, 0.25) is 0 Å². The summed E-state index contributed by atoms with van der Waals surface area (Å²) in [6, 6.07) is 0. The van der Waals surface area contributed by atoms with Crippen LogP contribution in [0.1, 0.15) is 25.7 Å². The number of hydrogen-bond donors (Lipinski definition) is 1. The third kappa shape index (κ3) is 1.70. The van der Waals surface area contributed by atoms with Gasteiger partial charge in [-0.05, 0) is 12.8 Å². The summed E-state index contributed by atoms with van der Waals surface area (Å²) in [5, 5.41) is 10.1. The van der Waals surface area contributed by atoms with Gasteiger partial charge in [-0.1, -0.05) is 34.4 Å². The van der Waals surface area contributed by atoms with Crippen LogP contribution < -0.4 is 0 Å². The van der Waals surface area contributed by atoms with Crippen molar-refractivity contribution in [1.82, 2.24) is 0 Å². The standard InChI is InChI=1S/C8H14O3S3/c1-14(10,11)7-6(9)8(13-12-7)4-2-3-5-8/h6-7,9H,2-5H2,1H3. The van der Waals surface area contributed by atoms with Crippen molar-refractivity contribution in [1.29, 1.82) is 0 Å². The van der Waals surface area contributed by atoms with Crippen LogP contribution in [-0.2, 0) is 9.84 Å². The molecular formula is C8H14O3S3. The molecule has 2 aliphatic rings. The summed E-state index contributed by atoms with van der Waals surface area (Å²) in [6.45, 7) is 0. The van der Waals surface area contributed by atoms with Crippen molar-refractivity contribution in [3.8, 4) is 0 Å². The van der Waals surface area contributed by atoms with Gasteiger partial charge < -0.3 is 5.11 Å². The Bertz CT molecular complexity index is 319. The van der Waals surface area contributed by atoms with Crippen LogP contribution in [0.25, 0.3) is 0 Å². The van der Waals surface area contributed by atoms with E-state index in [1.54, 1.807) is 10.8 Å². The van der Waals surface area contributed by atoms with Crippen LogP contribution in [0.4, 0.5) is 0 Å². The Balaban J connectivity index is 2.22. The maximum atomic E-state index is 11.4. The number of aliphatic hydroxyl groups is 1. The van der Waals surface area contributed by atoms with Gasteiger partial charge in [-0.25, -0.2) is 8.42 Å². The predicted octanol–water partition coefficient (Wildman–Crippen LogP) is 1.43. The molecule has 1 spiro atoms. The monoisotopic (exact) mass is 254 g/mol. The molecule has 1 saturated heterocycles. The molecule has 1 aliphatic heterocycles. The molecule has 0 aromatic heterocycles. The van der Waals surface area contributed by atoms with Crippen LogP contribution in [0.2, 0.25) is 0 Å². The Labute approximate surface area is 92.3 Å². The van der Waals surface area contributed by atoms with E-state index in [-0.39, 0.29) is 4.75 Å². The molecule has 1 saturated carbocycles. The highest BCUT2D eigenvalue weighted by Gasteiger charge is 2.54. The fourth-order valence-electron chi connectivity index (χ4n) is 2.15. The van der Waals surface area contributed by atoms with Crippen molar-refractivity contribution < 1.29 is 13.5 Å². The second-order valence-electron chi connectivity index (χ2n) is 4.09. The minimum Gasteiger partial charge on any atom is -0.389 e. The molecule has 14 heavy (non-hydrogen) atoms. The van der Waals surface area contributed by atoms with Gasteiger partial charge in [0, 0.05) is 6.26 Å². The summed E-state index contributed by atoms with van der Waals surface area (Å²) in [4.78, 5) is 0. The molecule has 0 aromatic rings. The van der Waals surface area contributed by atoms with Crippen LogP contribution in [0.15, 0.2) is 0 Å². The molecule has 82 valence electrons. The van der Waals surface area contributed by atoms with Crippen LogP contribution in [-0.4, -0.2) is 35.2 Å². The molecule has 0 aromatic carbocycles. The van der Waals surface area contributed by atoms with Gasteiger partial charge in [-0.15, -0.1) is 0 Å². The Morgan fingerprint density at radius 3 is 2.36 bits per heavy atom. The molecule has 0 bridgehead atoms. The Morgan fingerprint density at radius 1 is 1.36 bits per heavy atom. The zero-order valence-electron chi connectivity index (χ0n) is 7.97. The lowest BCUT2D eigenvalue weighted by Crippen LogP contribution is -2.40. The van der Waals surface area contributed by atoms with E-state index < -0.39 is 20.5 Å². The molecule has 2 fully saturated rings. The Morgan fingerprint density at radius 2 is 1.93 bits per heavy atom. The minimum absolute atomic E-state index is 0.168. The fourth-order valence-corrected chi connectivity index (χ4v) is 8.57. The topological polar surface area (TPSA) is 54.4 Å². The van der Waals surface area contributed by atoms with Gasteiger partial charge in [-0.3, -0.25) is 0 Å². The highest BCUT2D eigenvalue weighted by atomic mass is 33.1. The first-order valence-electron chi connectivity index (χ1n) is 4.67. The second kappa shape index (κ2) is 3.57. The molecule has 1 N–H and O–H groups in total. The highest BCUT2D eigenvalue weighted by Crippen LogP contribution is 2.59. The van der Waals surface area contributed by atoms with Gasteiger partial charge in [0.15, 0.2) is 9.84 Å². The maximum Gasteiger partial charge on any atom is 0.163 e. The Hall–Kier alpha value is 0.610. The van der Waals surface area contributed by atoms with Crippen LogP contribution >= 0.6 is 21.6 Å². The van der Waals surface area contributed by atoms with Crippen LogP contribution in [0.3, 0.4) is 0 Å². The van der Waals surface area contributed by atoms with E-state index in [0.29, 0.717) is 0 Å². The average molecular weight is 254 g/mol. The summed E-state index contributed by atoms with van der Waals surface area (Å²) in [5.41, 5.74) is 0. The zero-order chi connectivity index (χ0) is 10.4. The van der Waals surface area contributed by atoms with Crippen molar-refractivity contribution in [3.63, 3.8) is 0 Å². The van der Waals surface area contributed by atoms with E-state index in [2.05, 4.69) is 0 Å². The normalized spacial score (nSPS) is 36.7. The summed E-state index contributed by atoms with van der Waals surface area (Å²) < 4.78 is 22.0. The summed E-state index contributed by atoms with van der Waals surface area (Å²) in [6.07, 6.45) is 4.66. The lowest BCUT2D eigenvalue weighted by atomic mass is 10.0. The largest absolute Gasteiger partial charge is 0.389 e. The number of rotatable bonds is 1.